The smallest absolute Gasteiger partial charge is 0.262 e. The summed E-state index contributed by atoms with van der Waals surface area (Å²) in [6, 6.07) is 20.0. The highest BCUT2D eigenvalue weighted by atomic mass is 35.5. The van der Waals surface area contributed by atoms with Gasteiger partial charge in [0, 0.05) is 28.5 Å². The monoisotopic (exact) mass is 436 g/mol. The Morgan fingerprint density at radius 2 is 1.65 bits per heavy atom. The first-order chi connectivity index (χ1) is 14.9. The number of benzene rings is 3. The topological polar surface area (TPSA) is 58.6 Å². The molecule has 3 aromatic carbocycles. The van der Waals surface area contributed by atoms with Crippen molar-refractivity contribution in [2.45, 2.75) is 20.8 Å². The summed E-state index contributed by atoms with van der Waals surface area (Å²) >= 11 is 6.17. The van der Waals surface area contributed by atoms with Gasteiger partial charge in [-0.15, -0.1) is 0 Å². The average Bonchev–Trinajstić information content (AvgIpc) is 2.77. The molecule has 0 aliphatic heterocycles. The molecule has 0 aromatic heterocycles. The van der Waals surface area contributed by atoms with E-state index in [1.54, 1.807) is 41.3 Å². The number of halogens is 1. The second-order valence-corrected chi connectivity index (χ2v) is 7.55. The Labute approximate surface area is 187 Å². The highest BCUT2D eigenvalue weighted by Crippen LogP contribution is 2.26. The lowest BCUT2D eigenvalue weighted by molar-refractivity contribution is -0.118. The third kappa shape index (κ3) is 5.64. The van der Waals surface area contributed by atoms with E-state index >= 15 is 0 Å². The van der Waals surface area contributed by atoms with E-state index in [4.69, 9.17) is 16.3 Å². The van der Waals surface area contributed by atoms with Crippen molar-refractivity contribution < 1.29 is 14.3 Å². The van der Waals surface area contributed by atoms with Gasteiger partial charge < -0.3 is 15.0 Å². The fourth-order valence-electron chi connectivity index (χ4n) is 3.27. The highest BCUT2D eigenvalue weighted by molar-refractivity contribution is 6.32. The highest BCUT2D eigenvalue weighted by Gasteiger charge is 2.16. The minimum absolute atomic E-state index is 0.131. The van der Waals surface area contributed by atoms with E-state index in [2.05, 4.69) is 5.32 Å². The van der Waals surface area contributed by atoms with E-state index in [0.29, 0.717) is 28.6 Å². The Balaban J connectivity index is 1.66. The number of nitrogens with zero attached hydrogens (tertiary/aromatic N) is 1. The molecule has 0 fully saturated rings. The Bertz CT molecular complexity index is 1060. The molecule has 31 heavy (non-hydrogen) atoms. The van der Waals surface area contributed by atoms with Crippen molar-refractivity contribution in [1.29, 1.82) is 0 Å². The van der Waals surface area contributed by atoms with E-state index in [1.807, 2.05) is 51.1 Å². The van der Waals surface area contributed by atoms with Crippen LogP contribution in [0.15, 0.2) is 66.7 Å². The molecule has 5 nitrogen and oxygen atoms in total. The molecule has 0 heterocycles. The molecule has 160 valence electrons. The van der Waals surface area contributed by atoms with Crippen LogP contribution in [0.4, 0.5) is 11.4 Å². The lowest BCUT2D eigenvalue weighted by Crippen LogP contribution is -2.30. The number of carbonyl (C=O) groups excluding carboxylic acids is 2. The van der Waals surface area contributed by atoms with Crippen molar-refractivity contribution in [2.75, 3.05) is 23.4 Å². The quantitative estimate of drug-likeness (QED) is 0.521. The predicted molar refractivity (Wildman–Crippen MR) is 125 cm³/mol. The molecule has 0 aliphatic carbocycles. The van der Waals surface area contributed by atoms with Gasteiger partial charge in [-0.2, -0.15) is 0 Å². The maximum Gasteiger partial charge on any atom is 0.262 e. The number of hydrogen-bond acceptors (Lipinski definition) is 3. The minimum Gasteiger partial charge on any atom is -0.484 e. The molecule has 0 unspecified atom stereocenters. The Morgan fingerprint density at radius 1 is 0.968 bits per heavy atom. The Hall–Kier alpha value is -3.31. The first-order valence-electron chi connectivity index (χ1n) is 10.1. The standard InChI is InChI=1S/C25H25ClN2O3/c1-4-28(21-11-6-5-7-12-21)25(30)19-9-8-10-20(15-19)27-23(29)16-31-22-13-17(2)24(26)18(3)14-22/h5-15H,4,16H2,1-3H3,(H,27,29). The third-order valence-corrected chi connectivity index (χ3v) is 5.40. The summed E-state index contributed by atoms with van der Waals surface area (Å²) in [7, 11) is 0. The van der Waals surface area contributed by atoms with Crippen molar-refractivity contribution >= 4 is 34.8 Å². The molecule has 0 spiro atoms. The number of carbonyl (C=O) groups is 2. The van der Waals surface area contributed by atoms with Crippen LogP contribution in [0.2, 0.25) is 5.02 Å². The summed E-state index contributed by atoms with van der Waals surface area (Å²) < 4.78 is 5.60. The Kier molecular flexibility index (Phi) is 7.32. The van der Waals surface area contributed by atoms with Crippen molar-refractivity contribution in [3.8, 4) is 5.75 Å². The number of ether oxygens (including phenoxy) is 1. The van der Waals surface area contributed by atoms with Gasteiger partial charge in [0.1, 0.15) is 5.75 Å². The lowest BCUT2D eigenvalue weighted by atomic mass is 10.1. The van der Waals surface area contributed by atoms with Crippen LogP contribution < -0.4 is 15.0 Å². The molecule has 2 amide bonds. The molecule has 3 rings (SSSR count). The number of nitrogens with one attached hydrogen (secondary N) is 1. The van der Waals surface area contributed by atoms with Gasteiger partial charge in [0.25, 0.3) is 11.8 Å². The van der Waals surface area contributed by atoms with Gasteiger partial charge >= 0.3 is 0 Å². The maximum atomic E-state index is 13.0. The SMILES string of the molecule is CCN(C(=O)c1cccc(NC(=O)COc2cc(C)c(Cl)c(C)c2)c1)c1ccccc1. The molecular formula is C25H25ClN2O3. The number of aryl methyl sites for hydroxylation is 2. The molecule has 0 aliphatic rings. The zero-order valence-corrected chi connectivity index (χ0v) is 18.6. The largest absolute Gasteiger partial charge is 0.484 e. The molecule has 0 atom stereocenters. The predicted octanol–water partition coefficient (Wildman–Crippen LogP) is 5.64. The number of hydrogen-bond donors (Lipinski definition) is 1. The molecule has 0 bridgehead atoms. The van der Waals surface area contributed by atoms with Gasteiger partial charge in [0.05, 0.1) is 0 Å². The summed E-state index contributed by atoms with van der Waals surface area (Å²) in [5.74, 6) is 0.137. The summed E-state index contributed by atoms with van der Waals surface area (Å²) in [6.07, 6.45) is 0. The molecular weight excluding hydrogens is 412 g/mol. The van der Waals surface area contributed by atoms with E-state index in [9.17, 15) is 9.59 Å². The molecule has 3 aromatic rings. The fraction of sp³-hybridized carbons (Fsp3) is 0.200. The van der Waals surface area contributed by atoms with Crippen molar-refractivity contribution in [3.63, 3.8) is 0 Å². The van der Waals surface area contributed by atoms with Crippen LogP contribution in [-0.2, 0) is 4.79 Å². The second kappa shape index (κ2) is 10.1. The second-order valence-electron chi connectivity index (χ2n) is 7.17. The zero-order chi connectivity index (χ0) is 22.4. The van der Waals surface area contributed by atoms with Crippen LogP contribution >= 0.6 is 11.6 Å². The number of amides is 2. The minimum atomic E-state index is -0.315. The van der Waals surface area contributed by atoms with Gasteiger partial charge in [0.15, 0.2) is 6.61 Å². The van der Waals surface area contributed by atoms with E-state index in [1.165, 1.54) is 0 Å². The van der Waals surface area contributed by atoms with Gasteiger partial charge in [-0.25, -0.2) is 0 Å². The van der Waals surface area contributed by atoms with Crippen LogP contribution in [0.5, 0.6) is 5.75 Å². The molecule has 0 saturated heterocycles. The van der Waals surface area contributed by atoms with Crippen LogP contribution in [0, 0.1) is 13.8 Å². The van der Waals surface area contributed by atoms with Crippen molar-refractivity contribution in [3.05, 3.63) is 88.4 Å². The zero-order valence-electron chi connectivity index (χ0n) is 17.8. The van der Waals surface area contributed by atoms with Gasteiger partial charge in [-0.05, 0) is 74.4 Å². The number of anilines is 2. The maximum absolute atomic E-state index is 13.0. The first kappa shape index (κ1) is 22.4. The van der Waals surface area contributed by atoms with Crippen LogP contribution in [-0.4, -0.2) is 25.0 Å². The lowest BCUT2D eigenvalue weighted by Gasteiger charge is -2.21. The van der Waals surface area contributed by atoms with Crippen LogP contribution in [0.1, 0.15) is 28.4 Å². The summed E-state index contributed by atoms with van der Waals surface area (Å²) in [5, 5.41) is 3.47. The summed E-state index contributed by atoms with van der Waals surface area (Å²) in [5.41, 5.74) is 3.64. The molecule has 0 radical (unpaired) electrons. The number of para-hydroxylation sites is 1. The van der Waals surface area contributed by atoms with Crippen LogP contribution in [0.25, 0.3) is 0 Å². The summed E-state index contributed by atoms with van der Waals surface area (Å²) in [6.45, 7) is 6.09. The van der Waals surface area contributed by atoms with Gasteiger partial charge in [0.2, 0.25) is 0 Å². The summed E-state index contributed by atoms with van der Waals surface area (Å²) in [4.78, 5) is 27.0. The average molecular weight is 437 g/mol. The molecule has 6 heteroatoms. The van der Waals surface area contributed by atoms with E-state index < -0.39 is 0 Å². The third-order valence-electron chi connectivity index (χ3n) is 4.80. The van der Waals surface area contributed by atoms with E-state index in [0.717, 1.165) is 16.8 Å². The molecule has 1 N–H and O–H groups in total. The van der Waals surface area contributed by atoms with Crippen molar-refractivity contribution in [2.24, 2.45) is 0 Å². The van der Waals surface area contributed by atoms with Crippen LogP contribution in [0.3, 0.4) is 0 Å². The Morgan fingerprint density at radius 3 is 2.29 bits per heavy atom. The fourth-order valence-corrected chi connectivity index (χ4v) is 3.38. The normalized spacial score (nSPS) is 10.5. The first-order valence-corrected chi connectivity index (χ1v) is 10.4. The van der Waals surface area contributed by atoms with Gasteiger partial charge in [-0.3, -0.25) is 9.59 Å². The number of rotatable bonds is 7. The molecule has 0 saturated carbocycles. The van der Waals surface area contributed by atoms with Gasteiger partial charge in [-0.1, -0.05) is 35.9 Å². The van der Waals surface area contributed by atoms with Crippen molar-refractivity contribution in [1.82, 2.24) is 0 Å². The van der Waals surface area contributed by atoms with E-state index in [-0.39, 0.29) is 18.4 Å².